The third-order valence-corrected chi connectivity index (χ3v) is 5.58. The van der Waals surface area contributed by atoms with Crippen LogP contribution >= 0.6 is 0 Å². The summed E-state index contributed by atoms with van der Waals surface area (Å²) >= 11 is 0. The fraction of sp³-hybridized carbons (Fsp3) is 0.429. The number of morpholine rings is 1. The molecule has 6 nitrogen and oxygen atoms in total. The molecule has 1 aliphatic rings. The lowest BCUT2D eigenvalue weighted by atomic mass is 10.2. The van der Waals surface area contributed by atoms with Crippen LogP contribution in [0.2, 0.25) is 0 Å². The van der Waals surface area contributed by atoms with Gasteiger partial charge in [0.25, 0.3) is 0 Å². The van der Waals surface area contributed by atoms with E-state index >= 15 is 0 Å². The van der Waals surface area contributed by atoms with E-state index in [-0.39, 0.29) is 0 Å². The smallest absolute Gasteiger partial charge is 0.150 e. The molecule has 4 rings (SSSR count). The van der Waals surface area contributed by atoms with Crippen molar-refractivity contribution >= 4 is 11.0 Å². The Morgan fingerprint density at radius 1 is 1.04 bits per heavy atom. The first-order chi connectivity index (χ1) is 13.1. The number of fused-ring (bicyclic) bond motifs is 1. The van der Waals surface area contributed by atoms with Crippen LogP contribution in [-0.4, -0.2) is 51.9 Å². The van der Waals surface area contributed by atoms with Gasteiger partial charge in [-0.2, -0.15) is 0 Å². The van der Waals surface area contributed by atoms with Crippen molar-refractivity contribution in [1.82, 2.24) is 19.0 Å². The van der Waals surface area contributed by atoms with E-state index in [0.717, 1.165) is 67.4 Å². The van der Waals surface area contributed by atoms with Crippen LogP contribution in [0.25, 0.3) is 16.7 Å². The lowest BCUT2D eigenvalue weighted by Gasteiger charge is -2.26. The Morgan fingerprint density at radius 2 is 1.74 bits per heavy atom. The average molecular weight is 365 g/mol. The fourth-order valence-corrected chi connectivity index (χ4v) is 3.77. The highest BCUT2D eigenvalue weighted by Crippen LogP contribution is 2.25. The molecule has 3 aromatic rings. The normalized spacial score (nSPS) is 15.5. The predicted molar refractivity (Wildman–Crippen MR) is 106 cm³/mol. The van der Waals surface area contributed by atoms with Gasteiger partial charge >= 0.3 is 0 Å². The number of nitrogens with zero attached hydrogens (tertiary/aromatic N) is 4. The molecule has 1 aliphatic heterocycles. The van der Waals surface area contributed by atoms with Gasteiger partial charge in [-0.25, -0.2) is 4.98 Å². The number of ether oxygens (including phenoxy) is 1. The highest BCUT2D eigenvalue weighted by Gasteiger charge is 2.17. The van der Waals surface area contributed by atoms with Gasteiger partial charge in [0.2, 0.25) is 0 Å². The number of benzene rings is 1. The Balaban J connectivity index is 1.72. The molecule has 0 amide bonds. The van der Waals surface area contributed by atoms with Crippen LogP contribution in [0.4, 0.5) is 0 Å². The van der Waals surface area contributed by atoms with E-state index in [1.54, 1.807) is 0 Å². The van der Waals surface area contributed by atoms with Crippen LogP contribution in [0, 0.1) is 26.2 Å². The summed E-state index contributed by atoms with van der Waals surface area (Å²) < 4.78 is 9.54. The number of aromatic nitrogens is 3. The van der Waals surface area contributed by atoms with Gasteiger partial charge in [0.05, 0.1) is 24.9 Å². The van der Waals surface area contributed by atoms with E-state index in [4.69, 9.17) is 15.1 Å². The van der Waals surface area contributed by atoms with Gasteiger partial charge in [-0.3, -0.25) is 14.9 Å². The van der Waals surface area contributed by atoms with Crippen LogP contribution in [-0.2, 0) is 11.3 Å². The van der Waals surface area contributed by atoms with Crippen molar-refractivity contribution in [2.75, 3.05) is 32.8 Å². The summed E-state index contributed by atoms with van der Waals surface area (Å²) in [6, 6.07) is 8.46. The second kappa shape index (κ2) is 7.29. The molecule has 2 aromatic heterocycles. The highest BCUT2D eigenvalue weighted by molar-refractivity contribution is 5.82. The Labute approximate surface area is 159 Å². The Hall–Kier alpha value is -2.44. The first kappa shape index (κ1) is 17.9. The summed E-state index contributed by atoms with van der Waals surface area (Å²) in [6.45, 7) is 11.5. The van der Waals surface area contributed by atoms with Crippen LogP contribution in [0.5, 0.6) is 0 Å². The molecule has 1 N–H and O–H groups in total. The van der Waals surface area contributed by atoms with Gasteiger partial charge in [0.1, 0.15) is 11.1 Å². The van der Waals surface area contributed by atoms with Crippen molar-refractivity contribution < 1.29 is 4.74 Å². The van der Waals surface area contributed by atoms with Gasteiger partial charge in [-0.1, -0.05) is 17.7 Å². The number of aryl methyl sites for hydroxylation is 2. The maximum absolute atomic E-state index is 8.77. The Kier molecular flexibility index (Phi) is 4.85. The van der Waals surface area contributed by atoms with Gasteiger partial charge in [0.15, 0.2) is 0 Å². The molecular formula is C21H27N5O. The second-order valence-electron chi connectivity index (χ2n) is 7.32. The lowest BCUT2D eigenvalue weighted by Crippen LogP contribution is -2.39. The average Bonchev–Trinajstić information content (AvgIpc) is 2.94. The maximum atomic E-state index is 8.77. The largest absolute Gasteiger partial charge is 0.379 e. The number of hydrogen-bond donors (Lipinski definition) is 1. The first-order valence-corrected chi connectivity index (χ1v) is 9.55. The van der Waals surface area contributed by atoms with Gasteiger partial charge in [-0.05, 0) is 38.5 Å². The molecule has 0 spiro atoms. The molecule has 27 heavy (non-hydrogen) atoms. The molecule has 3 heterocycles. The zero-order valence-corrected chi connectivity index (χ0v) is 16.3. The number of nitrogens with one attached hydrogen (secondary N) is 1. The zero-order chi connectivity index (χ0) is 19.0. The summed E-state index contributed by atoms with van der Waals surface area (Å²) in [5.74, 6) is 0. The van der Waals surface area contributed by atoms with Crippen molar-refractivity contribution in [1.29, 1.82) is 5.41 Å². The summed E-state index contributed by atoms with van der Waals surface area (Å²) in [6.07, 6.45) is 1.81. The monoisotopic (exact) mass is 365 g/mol. The molecular weight excluding hydrogens is 338 g/mol. The van der Waals surface area contributed by atoms with Crippen molar-refractivity contribution in [3.63, 3.8) is 0 Å². The van der Waals surface area contributed by atoms with Crippen molar-refractivity contribution in [2.45, 2.75) is 27.3 Å². The van der Waals surface area contributed by atoms with Crippen molar-refractivity contribution in [3.8, 4) is 5.69 Å². The van der Waals surface area contributed by atoms with Gasteiger partial charge in [0, 0.05) is 37.6 Å². The van der Waals surface area contributed by atoms with E-state index < -0.39 is 0 Å². The molecule has 1 aromatic carbocycles. The highest BCUT2D eigenvalue weighted by atomic mass is 16.5. The molecule has 1 saturated heterocycles. The Bertz CT molecular complexity index is 1010. The summed E-state index contributed by atoms with van der Waals surface area (Å²) in [7, 11) is 0. The minimum Gasteiger partial charge on any atom is -0.379 e. The number of hydrogen-bond acceptors (Lipinski definition) is 4. The number of rotatable bonds is 4. The van der Waals surface area contributed by atoms with E-state index in [0.29, 0.717) is 5.49 Å². The lowest BCUT2D eigenvalue weighted by molar-refractivity contribution is 0.0362. The quantitative estimate of drug-likeness (QED) is 0.773. The van der Waals surface area contributed by atoms with Crippen molar-refractivity contribution in [3.05, 3.63) is 52.9 Å². The predicted octanol–water partition coefficient (Wildman–Crippen LogP) is 2.56. The summed E-state index contributed by atoms with van der Waals surface area (Å²) in [5, 5.41) is 9.71. The molecule has 0 unspecified atom stereocenters. The SMILES string of the molecule is Cc1ccc(-n2c(C)c(C)c3c(=N)n(CCN4CCOCC4)cnc32)cc1. The minimum atomic E-state index is 0.541. The summed E-state index contributed by atoms with van der Waals surface area (Å²) in [4.78, 5) is 7.13. The molecule has 142 valence electrons. The first-order valence-electron chi connectivity index (χ1n) is 9.55. The van der Waals surface area contributed by atoms with Crippen LogP contribution in [0.3, 0.4) is 0 Å². The van der Waals surface area contributed by atoms with Crippen LogP contribution < -0.4 is 5.49 Å². The van der Waals surface area contributed by atoms with Gasteiger partial charge in [-0.15, -0.1) is 0 Å². The molecule has 0 atom stereocenters. The molecule has 0 bridgehead atoms. The third kappa shape index (κ3) is 3.31. The second-order valence-corrected chi connectivity index (χ2v) is 7.32. The summed E-state index contributed by atoms with van der Waals surface area (Å²) in [5.41, 5.74) is 6.00. The standard InChI is InChI=1S/C21H27N5O/c1-15-4-6-18(7-5-15)26-17(3)16(2)19-20(22)25(14-23-21(19)26)9-8-24-10-12-27-13-11-24/h4-7,14,22H,8-13H2,1-3H3. The molecule has 1 fully saturated rings. The zero-order valence-electron chi connectivity index (χ0n) is 16.3. The molecule has 0 aliphatic carbocycles. The minimum absolute atomic E-state index is 0.541. The van der Waals surface area contributed by atoms with Crippen LogP contribution in [0.15, 0.2) is 30.6 Å². The van der Waals surface area contributed by atoms with E-state index in [1.807, 2.05) is 10.9 Å². The topological polar surface area (TPSA) is 59.1 Å². The van der Waals surface area contributed by atoms with Crippen LogP contribution in [0.1, 0.15) is 16.8 Å². The fourth-order valence-electron chi connectivity index (χ4n) is 3.77. The van der Waals surface area contributed by atoms with Crippen molar-refractivity contribution in [2.24, 2.45) is 0 Å². The van der Waals surface area contributed by atoms with Gasteiger partial charge < -0.3 is 9.30 Å². The molecule has 0 saturated carbocycles. The van der Waals surface area contributed by atoms with E-state index in [2.05, 4.69) is 54.5 Å². The van der Waals surface area contributed by atoms with E-state index in [9.17, 15) is 0 Å². The Morgan fingerprint density at radius 3 is 2.44 bits per heavy atom. The third-order valence-electron chi connectivity index (χ3n) is 5.58. The molecule has 0 radical (unpaired) electrons. The maximum Gasteiger partial charge on any atom is 0.150 e. The molecule has 6 heteroatoms. The van der Waals surface area contributed by atoms with E-state index in [1.165, 1.54) is 5.56 Å².